The number of hydrogen-bond donors (Lipinski definition) is 2. The van der Waals surface area contributed by atoms with Crippen LogP contribution in [0.15, 0.2) is 59.7 Å². The number of benzene rings is 2. The van der Waals surface area contributed by atoms with E-state index < -0.39 is 0 Å². The Hall–Kier alpha value is -3.48. The molecule has 0 aliphatic carbocycles. The Morgan fingerprint density at radius 2 is 1.79 bits per heavy atom. The lowest BCUT2D eigenvalue weighted by atomic mass is 10.2. The minimum Gasteiger partial charge on any atom is -0.349 e. The van der Waals surface area contributed by atoms with E-state index >= 15 is 0 Å². The second-order valence-electron chi connectivity index (χ2n) is 7.05. The van der Waals surface area contributed by atoms with Gasteiger partial charge in [-0.05, 0) is 37.1 Å². The van der Waals surface area contributed by atoms with Crippen LogP contribution in [0.3, 0.4) is 0 Å². The predicted molar refractivity (Wildman–Crippen MR) is 112 cm³/mol. The molecule has 7 nitrogen and oxygen atoms in total. The van der Waals surface area contributed by atoms with E-state index in [1.54, 1.807) is 17.0 Å². The monoisotopic (exact) mass is 389 g/mol. The Morgan fingerprint density at radius 3 is 2.66 bits per heavy atom. The summed E-state index contributed by atoms with van der Waals surface area (Å²) in [5.74, 6) is 0.762. The number of aryl methyl sites for hydroxylation is 1. The summed E-state index contributed by atoms with van der Waals surface area (Å²) in [7, 11) is 0. The fourth-order valence-corrected chi connectivity index (χ4v) is 3.37. The minimum absolute atomic E-state index is 0.00925. The maximum Gasteiger partial charge on any atom is 0.261 e. The molecule has 29 heavy (non-hydrogen) atoms. The molecular weight excluding hydrogens is 366 g/mol. The highest BCUT2D eigenvalue weighted by Gasteiger charge is 2.06. The highest BCUT2D eigenvalue weighted by Crippen LogP contribution is 2.10. The first-order chi connectivity index (χ1) is 14.2. The van der Waals surface area contributed by atoms with Gasteiger partial charge in [-0.3, -0.25) is 14.2 Å². The molecule has 1 amide bonds. The van der Waals surface area contributed by atoms with Crippen LogP contribution in [0, 0.1) is 0 Å². The van der Waals surface area contributed by atoms with Crippen LogP contribution in [0.1, 0.15) is 31.5 Å². The van der Waals surface area contributed by atoms with Crippen LogP contribution in [0.2, 0.25) is 0 Å². The van der Waals surface area contributed by atoms with Crippen molar-refractivity contribution < 1.29 is 4.79 Å². The Bertz CT molecular complexity index is 1160. The van der Waals surface area contributed by atoms with Crippen LogP contribution in [0.4, 0.5) is 0 Å². The summed E-state index contributed by atoms with van der Waals surface area (Å²) in [6.45, 7) is 1.00. The summed E-state index contributed by atoms with van der Waals surface area (Å²) in [4.78, 5) is 36.5. The van der Waals surface area contributed by atoms with Crippen LogP contribution in [0.25, 0.3) is 21.9 Å². The van der Waals surface area contributed by atoms with Crippen LogP contribution >= 0.6 is 0 Å². The van der Waals surface area contributed by atoms with Crippen molar-refractivity contribution in [2.75, 3.05) is 0 Å². The van der Waals surface area contributed by atoms with Crippen LogP contribution in [-0.4, -0.2) is 25.4 Å². The highest BCUT2D eigenvalue weighted by molar-refractivity contribution is 5.77. The molecule has 7 heteroatoms. The number of aromatic amines is 1. The SMILES string of the molecule is O=C(CCCCCn1cnc2ccccc2c1=O)NCc1nc2ccccc2[nH]1. The first-order valence-corrected chi connectivity index (χ1v) is 9.85. The molecule has 4 rings (SSSR count). The van der Waals surface area contributed by atoms with E-state index in [9.17, 15) is 9.59 Å². The van der Waals surface area contributed by atoms with E-state index in [0.717, 1.165) is 41.6 Å². The van der Waals surface area contributed by atoms with Gasteiger partial charge in [0, 0.05) is 13.0 Å². The van der Waals surface area contributed by atoms with Gasteiger partial charge in [-0.25, -0.2) is 9.97 Å². The van der Waals surface area contributed by atoms with Crippen molar-refractivity contribution in [1.82, 2.24) is 24.8 Å². The number of nitrogens with one attached hydrogen (secondary N) is 2. The van der Waals surface area contributed by atoms with Gasteiger partial charge in [0.1, 0.15) is 5.82 Å². The van der Waals surface area contributed by atoms with Crippen molar-refractivity contribution in [3.63, 3.8) is 0 Å². The topological polar surface area (TPSA) is 92.7 Å². The minimum atomic E-state index is -0.0147. The molecule has 0 saturated heterocycles. The number of para-hydroxylation sites is 3. The third kappa shape index (κ3) is 4.51. The van der Waals surface area contributed by atoms with Crippen molar-refractivity contribution in [1.29, 1.82) is 0 Å². The fraction of sp³-hybridized carbons (Fsp3) is 0.273. The highest BCUT2D eigenvalue weighted by atomic mass is 16.1. The summed E-state index contributed by atoms with van der Waals surface area (Å²) < 4.78 is 1.64. The van der Waals surface area contributed by atoms with E-state index in [-0.39, 0.29) is 11.5 Å². The molecule has 2 N–H and O–H groups in total. The third-order valence-corrected chi connectivity index (χ3v) is 4.93. The molecule has 0 bridgehead atoms. The van der Waals surface area contributed by atoms with Gasteiger partial charge in [0.15, 0.2) is 0 Å². The van der Waals surface area contributed by atoms with Gasteiger partial charge < -0.3 is 10.3 Å². The van der Waals surface area contributed by atoms with Gasteiger partial charge in [0.25, 0.3) is 5.56 Å². The van der Waals surface area contributed by atoms with Crippen molar-refractivity contribution in [2.24, 2.45) is 0 Å². The Balaban J connectivity index is 1.19. The average molecular weight is 389 g/mol. The molecular formula is C22H23N5O2. The Kier molecular flexibility index (Phi) is 5.65. The zero-order chi connectivity index (χ0) is 20.1. The maximum absolute atomic E-state index is 12.4. The Labute approximate surface area is 167 Å². The number of amides is 1. The molecule has 0 aliphatic rings. The number of nitrogens with zero attached hydrogens (tertiary/aromatic N) is 3. The molecule has 148 valence electrons. The van der Waals surface area contributed by atoms with Crippen molar-refractivity contribution >= 4 is 27.8 Å². The summed E-state index contributed by atoms with van der Waals surface area (Å²) in [5.41, 5.74) is 2.57. The molecule has 0 aliphatic heterocycles. The Morgan fingerprint density at radius 1 is 1.00 bits per heavy atom. The molecule has 0 saturated carbocycles. The van der Waals surface area contributed by atoms with Gasteiger partial charge in [0.2, 0.25) is 5.91 Å². The number of aromatic nitrogens is 4. The smallest absolute Gasteiger partial charge is 0.261 e. The van der Waals surface area contributed by atoms with Gasteiger partial charge in [0.05, 0.1) is 34.8 Å². The number of carbonyl (C=O) groups is 1. The molecule has 2 heterocycles. The summed E-state index contributed by atoms with van der Waals surface area (Å²) in [6, 6.07) is 15.1. The molecule has 0 fully saturated rings. The van der Waals surface area contributed by atoms with Gasteiger partial charge >= 0.3 is 0 Å². The normalized spacial score (nSPS) is 11.2. The molecule has 4 aromatic rings. The number of hydrogen-bond acceptors (Lipinski definition) is 4. The molecule has 2 aromatic heterocycles. The number of unbranched alkanes of at least 4 members (excludes halogenated alkanes) is 2. The first-order valence-electron chi connectivity index (χ1n) is 9.85. The number of rotatable bonds is 8. The number of fused-ring (bicyclic) bond motifs is 2. The molecule has 0 spiro atoms. The van der Waals surface area contributed by atoms with E-state index in [0.29, 0.717) is 24.9 Å². The zero-order valence-electron chi connectivity index (χ0n) is 16.1. The quantitative estimate of drug-likeness (QED) is 0.453. The lowest BCUT2D eigenvalue weighted by Gasteiger charge is -2.07. The number of imidazole rings is 1. The van der Waals surface area contributed by atoms with Crippen molar-refractivity contribution in [2.45, 2.75) is 38.8 Å². The first kappa shape index (κ1) is 18.9. The third-order valence-electron chi connectivity index (χ3n) is 4.93. The van der Waals surface area contributed by atoms with Crippen molar-refractivity contribution in [3.8, 4) is 0 Å². The second-order valence-corrected chi connectivity index (χ2v) is 7.05. The number of H-pyrrole nitrogens is 1. The molecule has 0 radical (unpaired) electrons. The van der Waals surface area contributed by atoms with Crippen LogP contribution in [-0.2, 0) is 17.9 Å². The van der Waals surface area contributed by atoms with E-state index in [2.05, 4.69) is 20.3 Å². The zero-order valence-corrected chi connectivity index (χ0v) is 16.1. The summed E-state index contributed by atoms with van der Waals surface area (Å²) in [5, 5.41) is 3.54. The lowest BCUT2D eigenvalue weighted by Crippen LogP contribution is -2.23. The summed E-state index contributed by atoms with van der Waals surface area (Å²) in [6.07, 6.45) is 4.55. The summed E-state index contributed by atoms with van der Waals surface area (Å²) >= 11 is 0. The largest absolute Gasteiger partial charge is 0.349 e. The number of carbonyl (C=O) groups excluding carboxylic acids is 1. The van der Waals surface area contributed by atoms with E-state index in [4.69, 9.17) is 0 Å². The van der Waals surface area contributed by atoms with E-state index in [1.807, 2.05) is 42.5 Å². The second kappa shape index (κ2) is 8.68. The van der Waals surface area contributed by atoms with Gasteiger partial charge in [-0.2, -0.15) is 0 Å². The average Bonchev–Trinajstić information content (AvgIpc) is 3.17. The van der Waals surface area contributed by atoms with Crippen molar-refractivity contribution in [3.05, 3.63) is 71.0 Å². The molecule has 0 unspecified atom stereocenters. The molecule has 2 aromatic carbocycles. The van der Waals surface area contributed by atoms with Gasteiger partial charge in [-0.1, -0.05) is 30.7 Å². The predicted octanol–water partition coefficient (Wildman–Crippen LogP) is 3.15. The standard InChI is InChI=1S/C22H23N5O2/c28-21(23-14-20-25-18-10-5-6-11-19(18)26-20)12-2-1-7-13-27-15-24-17-9-4-3-8-16(17)22(27)29/h3-6,8-11,15H,1-2,7,12-14H2,(H,23,28)(H,25,26). The molecule has 0 atom stereocenters. The fourth-order valence-electron chi connectivity index (χ4n) is 3.37. The van der Waals surface area contributed by atoms with E-state index in [1.165, 1.54) is 0 Å². The van der Waals surface area contributed by atoms with Crippen LogP contribution in [0.5, 0.6) is 0 Å². The lowest BCUT2D eigenvalue weighted by molar-refractivity contribution is -0.121. The van der Waals surface area contributed by atoms with Crippen LogP contribution < -0.4 is 10.9 Å². The van der Waals surface area contributed by atoms with Gasteiger partial charge in [-0.15, -0.1) is 0 Å². The maximum atomic E-state index is 12.4.